The summed E-state index contributed by atoms with van der Waals surface area (Å²) < 4.78 is 4.58. The molecule has 0 saturated carbocycles. The third kappa shape index (κ3) is 3.43. The van der Waals surface area contributed by atoms with Gasteiger partial charge in [-0.1, -0.05) is 0 Å². The van der Waals surface area contributed by atoms with Gasteiger partial charge >= 0.3 is 7.12 Å². The van der Waals surface area contributed by atoms with Gasteiger partial charge in [-0.25, -0.2) is 4.89 Å². The first kappa shape index (κ1) is 11.1. The summed E-state index contributed by atoms with van der Waals surface area (Å²) in [4.78, 5) is 13.2. The minimum absolute atomic E-state index is 0.0267. The fraction of sp³-hybridized carbons (Fsp3) is 0.375. The molecule has 14 heavy (non-hydrogen) atoms. The Bertz CT molecular complexity index is 284. The van der Waals surface area contributed by atoms with E-state index < -0.39 is 7.12 Å². The van der Waals surface area contributed by atoms with Gasteiger partial charge in [0, 0.05) is 19.0 Å². The van der Waals surface area contributed by atoms with E-state index in [0.29, 0.717) is 5.46 Å². The Labute approximate surface area is 82.7 Å². The van der Waals surface area contributed by atoms with Gasteiger partial charge in [0.2, 0.25) is 0 Å². The number of nitrogens with zero attached hydrogens (tertiary/aromatic N) is 1. The molecule has 0 aliphatic carbocycles. The third-order valence-electron chi connectivity index (χ3n) is 1.53. The van der Waals surface area contributed by atoms with Gasteiger partial charge in [0.25, 0.3) is 0 Å². The van der Waals surface area contributed by atoms with Crippen LogP contribution in [0.25, 0.3) is 0 Å². The molecule has 1 rings (SSSR count). The summed E-state index contributed by atoms with van der Waals surface area (Å²) >= 11 is 0. The second kappa shape index (κ2) is 5.72. The molecule has 1 aromatic heterocycles. The molecule has 1 N–H and O–H groups in total. The maximum Gasteiger partial charge on any atom is 0.523 e. The van der Waals surface area contributed by atoms with Crippen LogP contribution in [0.2, 0.25) is 0 Å². The molecule has 0 radical (unpaired) electrons. The number of rotatable bonds is 5. The van der Waals surface area contributed by atoms with Crippen molar-refractivity contribution in [2.75, 3.05) is 13.9 Å². The smallest absolute Gasteiger partial charge is 0.422 e. The van der Waals surface area contributed by atoms with E-state index in [1.54, 1.807) is 18.3 Å². The Balaban J connectivity index is 2.47. The minimum atomic E-state index is -1.12. The predicted octanol–water partition coefficient (Wildman–Crippen LogP) is -0.370. The van der Waals surface area contributed by atoms with E-state index in [9.17, 15) is 5.02 Å². The average Bonchev–Trinajstić information content (AvgIpc) is 2.18. The number of ether oxygens (including phenoxy) is 1. The number of methoxy groups -OCH3 is 1. The van der Waals surface area contributed by atoms with Gasteiger partial charge < -0.3 is 9.76 Å². The summed E-state index contributed by atoms with van der Waals surface area (Å²) in [6.45, 7) is 1.80. The molecule has 0 aliphatic heterocycles. The zero-order valence-corrected chi connectivity index (χ0v) is 8.14. The molecule has 1 heterocycles. The van der Waals surface area contributed by atoms with Crippen LogP contribution in [0, 0.1) is 6.92 Å². The molecule has 76 valence electrons. The number of hydrogen-bond acceptors (Lipinski definition) is 5. The fourth-order valence-corrected chi connectivity index (χ4v) is 0.917. The maximum absolute atomic E-state index is 9.44. The summed E-state index contributed by atoms with van der Waals surface area (Å²) in [6, 6.07) is 3.36. The van der Waals surface area contributed by atoms with Gasteiger partial charge in [-0.2, -0.15) is 0 Å². The fourth-order valence-electron chi connectivity index (χ4n) is 0.917. The molecule has 0 unspecified atom stereocenters. The van der Waals surface area contributed by atoms with E-state index in [1.165, 1.54) is 7.11 Å². The number of pyridine rings is 1. The summed E-state index contributed by atoms with van der Waals surface area (Å²) in [7, 11) is 0.346. The molecule has 1 aromatic rings. The largest absolute Gasteiger partial charge is 0.523 e. The molecule has 0 aromatic carbocycles. The second-order valence-corrected chi connectivity index (χ2v) is 2.70. The molecular formula is C8H12BNO4. The molecule has 0 spiro atoms. The Morgan fingerprint density at radius 2 is 2.36 bits per heavy atom. The van der Waals surface area contributed by atoms with Crippen LogP contribution >= 0.6 is 0 Å². The zero-order valence-electron chi connectivity index (χ0n) is 8.14. The van der Waals surface area contributed by atoms with Gasteiger partial charge in [0.15, 0.2) is 6.79 Å². The highest BCUT2D eigenvalue weighted by Crippen LogP contribution is 1.91. The van der Waals surface area contributed by atoms with Gasteiger partial charge in [0.1, 0.15) is 0 Å². The molecule has 0 atom stereocenters. The first-order valence-corrected chi connectivity index (χ1v) is 4.12. The Hall–Kier alpha value is -0.945. The van der Waals surface area contributed by atoms with Crippen LogP contribution in [-0.2, 0) is 14.4 Å². The van der Waals surface area contributed by atoms with Crippen molar-refractivity contribution in [1.29, 1.82) is 0 Å². The average molecular weight is 197 g/mol. The molecule has 0 bridgehead atoms. The van der Waals surface area contributed by atoms with Crippen LogP contribution in [0.5, 0.6) is 0 Å². The molecule has 0 aliphatic rings. The normalized spacial score (nSPS) is 10.2. The van der Waals surface area contributed by atoms with Gasteiger partial charge in [-0.3, -0.25) is 9.79 Å². The molecule has 6 heteroatoms. The van der Waals surface area contributed by atoms with Crippen molar-refractivity contribution in [1.82, 2.24) is 4.98 Å². The standard InChI is InChI=1S/C8H12BNO4/c1-7-5-8(3-4-10-7)9(11)14-13-6-12-2/h3-5,11H,6H2,1-2H3. The summed E-state index contributed by atoms with van der Waals surface area (Å²) in [5, 5.41) is 9.44. The Morgan fingerprint density at radius 3 is 3.00 bits per heavy atom. The van der Waals surface area contributed by atoms with Gasteiger partial charge in [-0.15, -0.1) is 0 Å². The quantitative estimate of drug-likeness (QED) is 0.229. The van der Waals surface area contributed by atoms with Crippen LogP contribution in [0.3, 0.4) is 0 Å². The van der Waals surface area contributed by atoms with E-state index in [1.807, 2.05) is 6.92 Å². The zero-order chi connectivity index (χ0) is 10.4. The summed E-state index contributed by atoms with van der Waals surface area (Å²) in [5.41, 5.74) is 1.39. The first-order chi connectivity index (χ1) is 6.74. The molecule has 0 fully saturated rings. The van der Waals surface area contributed by atoms with Crippen molar-refractivity contribution in [2.24, 2.45) is 0 Å². The lowest BCUT2D eigenvalue weighted by molar-refractivity contribution is -0.271. The van der Waals surface area contributed by atoms with Crippen LogP contribution < -0.4 is 5.46 Å². The lowest BCUT2D eigenvalue weighted by atomic mass is 9.80. The summed E-state index contributed by atoms with van der Waals surface area (Å²) in [6.07, 6.45) is 1.59. The van der Waals surface area contributed by atoms with E-state index >= 15 is 0 Å². The van der Waals surface area contributed by atoms with Gasteiger partial charge in [-0.05, 0) is 24.5 Å². The number of aromatic nitrogens is 1. The van der Waals surface area contributed by atoms with Crippen molar-refractivity contribution in [3.05, 3.63) is 24.0 Å². The molecule has 5 nitrogen and oxygen atoms in total. The lowest BCUT2D eigenvalue weighted by Gasteiger charge is -2.06. The number of hydrogen-bond donors (Lipinski definition) is 1. The monoisotopic (exact) mass is 197 g/mol. The third-order valence-corrected chi connectivity index (χ3v) is 1.53. The molecular weight excluding hydrogens is 185 g/mol. The molecule has 0 saturated heterocycles. The van der Waals surface area contributed by atoms with Crippen molar-refractivity contribution < 1.29 is 19.5 Å². The van der Waals surface area contributed by atoms with Crippen molar-refractivity contribution in [3.63, 3.8) is 0 Å². The predicted molar refractivity (Wildman–Crippen MR) is 50.6 cm³/mol. The maximum atomic E-state index is 9.44. The van der Waals surface area contributed by atoms with Crippen molar-refractivity contribution in [3.8, 4) is 0 Å². The highest BCUT2D eigenvalue weighted by atomic mass is 17.2. The SMILES string of the molecule is COCOOB(O)c1ccnc(C)c1. The number of aryl methyl sites for hydroxylation is 1. The summed E-state index contributed by atoms with van der Waals surface area (Å²) in [5.74, 6) is 0. The Morgan fingerprint density at radius 1 is 1.57 bits per heavy atom. The highest BCUT2D eigenvalue weighted by molar-refractivity contribution is 6.59. The van der Waals surface area contributed by atoms with Crippen molar-refractivity contribution in [2.45, 2.75) is 6.92 Å². The van der Waals surface area contributed by atoms with Crippen LogP contribution in [0.4, 0.5) is 0 Å². The van der Waals surface area contributed by atoms with E-state index in [2.05, 4.69) is 19.4 Å². The van der Waals surface area contributed by atoms with Gasteiger partial charge in [0.05, 0.1) is 0 Å². The second-order valence-electron chi connectivity index (χ2n) is 2.70. The van der Waals surface area contributed by atoms with E-state index in [4.69, 9.17) is 0 Å². The van der Waals surface area contributed by atoms with Crippen LogP contribution in [0.15, 0.2) is 18.3 Å². The first-order valence-electron chi connectivity index (χ1n) is 4.12. The van der Waals surface area contributed by atoms with Crippen molar-refractivity contribution >= 4 is 12.6 Å². The van der Waals surface area contributed by atoms with E-state index in [0.717, 1.165) is 5.69 Å². The van der Waals surface area contributed by atoms with Crippen LogP contribution in [0.1, 0.15) is 5.69 Å². The van der Waals surface area contributed by atoms with Crippen LogP contribution in [-0.4, -0.2) is 31.0 Å². The van der Waals surface area contributed by atoms with E-state index in [-0.39, 0.29) is 6.79 Å². The highest BCUT2D eigenvalue weighted by Gasteiger charge is 2.17. The lowest BCUT2D eigenvalue weighted by Crippen LogP contribution is -2.34. The topological polar surface area (TPSA) is 60.8 Å². The Kier molecular flexibility index (Phi) is 4.54. The molecule has 0 amide bonds. The minimum Gasteiger partial charge on any atom is -0.422 e.